The zero-order chi connectivity index (χ0) is 24.9. The van der Waals surface area contributed by atoms with Crippen molar-refractivity contribution in [2.45, 2.75) is 85.7 Å². The van der Waals surface area contributed by atoms with Crippen LogP contribution in [0.2, 0.25) is 39.3 Å². The van der Waals surface area contributed by atoms with Gasteiger partial charge in [-0.2, -0.15) is 0 Å². The minimum Gasteiger partial charge on any atom is -0.267 e. The van der Waals surface area contributed by atoms with E-state index in [1.54, 1.807) is 0 Å². The maximum Gasteiger partial charge on any atom is 0.270 e. The number of nitrogens with one attached hydrogen (secondary N) is 1. The van der Waals surface area contributed by atoms with Gasteiger partial charge in [0.25, 0.3) is 5.91 Å². The van der Waals surface area contributed by atoms with E-state index in [1.165, 1.54) is 43.8 Å². The first-order chi connectivity index (χ1) is 14.9. The van der Waals surface area contributed by atoms with Gasteiger partial charge in [-0.05, 0) is 59.6 Å². The zero-order valence-corrected chi connectivity index (χ0v) is 25.4. The van der Waals surface area contributed by atoms with Crippen molar-refractivity contribution in [2.75, 3.05) is 0 Å². The third kappa shape index (κ3) is 3.26. The van der Waals surface area contributed by atoms with Crippen LogP contribution in [0, 0.1) is 6.92 Å². The Balaban J connectivity index is 2.21. The van der Waals surface area contributed by atoms with Crippen LogP contribution in [-0.2, 0) is 11.8 Å². The number of carbonyl (C=O) groups is 1. The van der Waals surface area contributed by atoms with E-state index in [4.69, 9.17) is 5.73 Å². The van der Waals surface area contributed by atoms with Crippen LogP contribution >= 0.6 is 0 Å². The Hall–Kier alpha value is -1.70. The van der Waals surface area contributed by atoms with E-state index in [9.17, 15) is 4.79 Å². The average molecular weight is 491 g/mol. The van der Waals surface area contributed by atoms with E-state index in [1.807, 2.05) is 0 Å². The van der Waals surface area contributed by atoms with Gasteiger partial charge in [-0.15, -0.1) is 0 Å². The van der Waals surface area contributed by atoms with Crippen LogP contribution in [0.25, 0.3) is 17.2 Å². The first-order valence-corrected chi connectivity index (χ1v) is 23.2. The summed E-state index contributed by atoms with van der Waals surface area (Å²) in [5, 5.41) is 2.93. The molecule has 1 heterocycles. The van der Waals surface area contributed by atoms with Crippen LogP contribution in [0.4, 0.5) is 0 Å². The van der Waals surface area contributed by atoms with Crippen LogP contribution in [0.15, 0.2) is 23.8 Å². The first-order valence-electron chi connectivity index (χ1n) is 12.2. The van der Waals surface area contributed by atoms with E-state index in [0.717, 1.165) is 12.0 Å². The Morgan fingerprint density at radius 1 is 0.939 bits per heavy atom. The van der Waals surface area contributed by atoms with Gasteiger partial charge in [0.2, 0.25) is 0 Å². The van der Waals surface area contributed by atoms with Gasteiger partial charge in [0, 0.05) is 12.7 Å². The summed E-state index contributed by atoms with van der Waals surface area (Å²) in [7, 11) is -5.14. The standard InChI is InChI=1S/C28H40NOSi3/c1-17-12-19-14-20(28(3,4)5)15-22(21(19)13-17)25-23(27(29)30)16-24-18(2)26(25)32(8,9)33(10,11)31(24,6)7/h12,14-16,29H,13H2,1-11H3. The molecule has 0 saturated carbocycles. The Morgan fingerprint density at radius 2 is 1.55 bits per heavy atom. The van der Waals surface area contributed by atoms with Gasteiger partial charge in [-0.25, -0.2) is 0 Å². The van der Waals surface area contributed by atoms with Crippen LogP contribution in [-0.4, -0.2) is 28.2 Å². The molecule has 1 amide bonds. The fraction of sp³-hybridized carbons (Fsp3) is 0.464. The van der Waals surface area contributed by atoms with E-state index < -0.39 is 28.2 Å². The lowest BCUT2D eigenvalue weighted by Gasteiger charge is -2.55. The van der Waals surface area contributed by atoms with Crippen molar-refractivity contribution in [1.82, 2.24) is 5.73 Å². The molecular weight excluding hydrogens is 451 g/mol. The van der Waals surface area contributed by atoms with Gasteiger partial charge in [0.1, 0.15) is 0 Å². The van der Waals surface area contributed by atoms with E-state index in [2.05, 4.69) is 98.2 Å². The third-order valence-corrected chi connectivity index (χ3v) is 51.1. The van der Waals surface area contributed by atoms with Crippen molar-refractivity contribution in [3.05, 3.63) is 51.6 Å². The Labute approximate surface area is 203 Å². The molecule has 0 unspecified atom stereocenters. The van der Waals surface area contributed by atoms with Gasteiger partial charge >= 0.3 is 0 Å². The highest BCUT2D eigenvalue weighted by molar-refractivity contribution is 7.74. The maximum atomic E-state index is 12.9. The molecule has 2 aromatic rings. The highest BCUT2D eigenvalue weighted by Crippen LogP contribution is 2.43. The SMILES string of the molecule is CC1=Cc2cc(C(C)(C)C)cc(-c3c(C([NH])=O)cc4c(C)c3[Si](C)(C)[Si](C)(C)[Si]4(C)C)c2C1. The molecule has 2 aliphatic rings. The lowest BCUT2D eigenvalue weighted by atomic mass is 9.81. The monoisotopic (exact) mass is 490 g/mol. The van der Waals surface area contributed by atoms with E-state index in [-0.39, 0.29) is 5.41 Å². The molecule has 5 heteroatoms. The molecule has 4 rings (SSSR count). The molecule has 2 bridgehead atoms. The quantitative estimate of drug-likeness (QED) is 0.472. The number of hydrogen-bond donors (Lipinski definition) is 0. The molecule has 1 radical (unpaired) electrons. The van der Waals surface area contributed by atoms with Gasteiger partial charge in [0.15, 0.2) is 0 Å². The van der Waals surface area contributed by atoms with Gasteiger partial charge < -0.3 is 0 Å². The predicted molar refractivity (Wildman–Crippen MR) is 152 cm³/mol. The predicted octanol–water partition coefficient (Wildman–Crippen LogP) is 6.05. The van der Waals surface area contributed by atoms with Crippen molar-refractivity contribution < 1.29 is 4.79 Å². The molecule has 0 spiro atoms. The van der Waals surface area contributed by atoms with Crippen LogP contribution in [0.3, 0.4) is 0 Å². The molecule has 0 atom stereocenters. The summed E-state index contributed by atoms with van der Waals surface area (Å²) >= 11 is 0. The van der Waals surface area contributed by atoms with Gasteiger partial charge in [-0.1, -0.05) is 99.8 Å². The van der Waals surface area contributed by atoms with E-state index >= 15 is 0 Å². The number of carbonyl (C=O) groups excluding carboxylic acids is 1. The molecule has 0 fully saturated rings. The summed E-state index contributed by atoms with van der Waals surface area (Å²) in [6.07, 6.45) is 3.25. The lowest BCUT2D eigenvalue weighted by Crippen LogP contribution is -2.83. The number of fused-ring (bicyclic) bond motifs is 3. The summed E-state index contributed by atoms with van der Waals surface area (Å²) < 4.78 is 0. The third-order valence-electron chi connectivity index (χ3n) is 9.53. The van der Waals surface area contributed by atoms with Crippen molar-refractivity contribution >= 4 is 44.6 Å². The molecule has 175 valence electrons. The molecule has 33 heavy (non-hydrogen) atoms. The Bertz CT molecular complexity index is 1240. The van der Waals surface area contributed by atoms with Crippen molar-refractivity contribution in [3.63, 3.8) is 0 Å². The molecule has 1 N–H and O–H groups in total. The number of allylic oxidation sites excluding steroid dienone is 1. The smallest absolute Gasteiger partial charge is 0.267 e. The maximum absolute atomic E-state index is 12.9. The topological polar surface area (TPSA) is 40.9 Å². The van der Waals surface area contributed by atoms with Crippen molar-refractivity contribution in [3.8, 4) is 11.1 Å². The number of rotatable bonds is 2. The molecule has 0 saturated heterocycles. The highest BCUT2D eigenvalue weighted by atomic mass is 29.6. The summed E-state index contributed by atoms with van der Waals surface area (Å²) in [4.78, 5) is 12.9. The zero-order valence-electron chi connectivity index (χ0n) is 22.4. The van der Waals surface area contributed by atoms with Crippen LogP contribution in [0.1, 0.15) is 60.3 Å². The molecule has 0 aromatic heterocycles. The van der Waals surface area contributed by atoms with E-state index in [0.29, 0.717) is 5.56 Å². The van der Waals surface area contributed by atoms with Gasteiger partial charge in [-0.3, -0.25) is 10.5 Å². The minimum atomic E-state index is -1.85. The second-order valence-corrected chi connectivity index (χ2v) is 40.3. The van der Waals surface area contributed by atoms with Crippen molar-refractivity contribution in [1.29, 1.82) is 0 Å². The first kappa shape index (κ1) is 24.4. The second-order valence-electron chi connectivity index (χ2n) is 13.1. The summed E-state index contributed by atoms with van der Waals surface area (Å²) in [5.41, 5.74) is 18.1. The van der Waals surface area contributed by atoms with Crippen LogP contribution < -0.4 is 16.1 Å². The fourth-order valence-electron chi connectivity index (χ4n) is 6.37. The van der Waals surface area contributed by atoms with Gasteiger partial charge in [0.05, 0.1) is 15.2 Å². The lowest BCUT2D eigenvalue weighted by molar-refractivity contribution is 0.0993. The average Bonchev–Trinajstić information content (AvgIpc) is 3.04. The normalized spacial score (nSPS) is 19.8. The molecule has 2 nitrogen and oxygen atoms in total. The highest BCUT2D eigenvalue weighted by Gasteiger charge is 2.59. The fourth-order valence-corrected chi connectivity index (χ4v) is 39.6. The molecule has 1 aliphatic heterocycles. The summed E-state index contributed by atoms with van der Waals surface area (Å²) in [6.45, 7) is 26.8. The number of hydrogen-bond acceptors (Lipinski definition) is 1. The molecule has 2 aromatic carbocycles. The van der Waals surface area contributed by atoms with Crippen LogP contribution in [0.5, 0.6) is 0 Å². The largest absolute Gasteiger partial charge is 0.270 e. The Kier molecular flexibility index (Phi) is 5.30. The number of benzene rings is 2. The second kappa shape index (κ2) is 7.15. The molecular formula is C28H40NOSi3. The molecule has 1 aliphatic carbocycles. The Morgan fingerprint density at radius 3 is 2.09 bits per heavy atom. The summed E-state index contributed by atoms with van der Waals surface area (Å²) in [5.74, 6) is -0.527. The van der Waals surface area contributed by atoms with Crippen molar-refractivity contribution in [2.24, 2.45) is 0 Å². The summed E-state index contributed by atoms with van der Waals surface area (Å²) in [6, 6.07) is 6.87. The number of amides is 1. The minimum absolute atomic E-state index is 0.0152.